The molecule has 0 aliphatic carbocycles. The average Bonchev–Trinajstić information content (AvgIpc) is 2.03. The third kappa shape index (κ3) is 5.13. The molecule has 0 saturated heterocycles. The Balaban J connectivity index is -0.000000480. The summed E-state index contributed by atoms with van der Waals surface area (Å²) >= 11 is 0. The van der Waals surface area contributed by atoms with Crippen molar-refractivity contribution in [1.29, 1.82) is 0 Å². The standard InChI is InChI=1S/C9H11NO2.Ca.2H/c10-8-4-1-7(2-5-8)3-6-9(11)12;;;/h1-2,4-5H,3,6,10H2,(H,11,12);;;/q;+2;2*-1. The SMILES string of the molecule is Nc1ccc(CCC(=O)O)cc1.[Ca+2].[H-].[H-]. The molecule has 0 amide bonds. The molecule has 0 atom stereocenters. The Morgan fingerprint density at radius 1 is 1.38 bits per heavy atom. The van der Waals surface area contributed by atoms with Gasteiger partial charge in [0.25, 0.3) is 0 Å². The molecule has 1 aromatic rings. The zero-order chi connectivity index (χ0) is 8.97. The van der Waals surface area contributed by atoms with E-state index in [0.29, 0.717) is 12.1 Å². The van der Waals surface area contributed by atoms with Crippen molar-refractivity contribution in [2.45, 2.75) is 12.8 Å². The van der Waals surface area contributed by atoms with Crippen LogP contribution in [0.5, 0.6) is 0 Å². The van der Waals surface area contributed by atoms with Crippen LogP contribution in [-0.4, -0.2) is 48.8 Å². The molecule has 0 heterocycles. The molecule has 13 heavy (non-hydrogen) atoms. The summed E-state index contributed by atoms with van der Waals surface area (Å²) in [7, 11) is 0. The number of aryl methyl sites for hydroxylation is 1. The smallest absolute Gasteiger partial charge is 1.00 e. The largest absolute Gasteiger partial charge is 2.00 e. The number of nitrogen functional groups attached to an aromatic ring is 1. The molecule has 0 aliphatic heterocycles. The van der Waals surface area contributed by atoms with Crippen LogP contribution in [0.15, 0.2) is 24.3 Å². The number of hydrogen-bond acceptors (Lipinski definition) is 2. The number of rotatable bonds is 3. The first-order chi connectivity index (χ1) is 5.68. The number of aliphatic carboxylic acids is 1. The molecule has 3 nitrogen and oxygen atoms in total. The van der Waals surface area contributed by atoms with Crippen LogP contribution in [0, 0.1) is 0 Å². The fraction of sp³-hybridized carbons (Fsp3) is 0.222. The first-order valence-electron chi connectivity index (χ1n) is 3.74. The molecule has 1 rings (SSSR count). The summed E-state index contributed by atoms with van der Waals surface area (Å²) in [6, 6.07) is 7.24. The van der Waals surface area contributed by atoms with Crippen molar-refractivity contribution in [2.24, 2.45) is 0 Å². The molecular weight excluding hydrogens is 194 g/mol. The van der Waals surface area contributed by atoms with Crippen molar-refractivity contribution in [3.05, 3.63) is 29.8 Å². The van der Waals surface area contributed by atoms with Gasteiger partial charge in [-0.3, -0.25) is 4.79 Å². The van der Waals surface area contributed by atoms with Crippen LogP contribution in [0.25, 0.3) is 0 Å². The molecule has 0 aromatic heterocycles. The summed E-state index contributed by atoms with van der Waals surface area (Å²) in [4.78, 5) is 10.2. The van der Waals surface area contributed by atoms with Gasteiger partial charge in [0.2, 0.25) is 0 Å². The van der Waals surface area contributed by atoms with Gasteiger partial charge in [0.15, 0.2) is 0 Å². The molecule has 4 heteroatoms. The maximum absolute atomic E-state index is 10.2. The fourth-order valence-corrected chi connectivity index (χ4v) is 0.936. The summed E-state index contributed by atoms with van der Waals surface area (Å²) in [5, 5.41) is 8.40. The number of nitrogens with two attached hydrogens (primary N) is 1. The van der Waals surface area contributed by atoms with Gasteiger partial charge in [-0.25, -0.2) is 0 Å². The van der Waals surface area contributed by atoms with Crippen LogP contribution < -0.4 is 5.73 Å². The van der Waals surface area contributed by atoms with Gasteiger partial charge in [-0.1, -0.05) is 12.1 Å². The third-order valence-corrected chi connectivity index (χ3v) is 1.61. The van der Waals surface area contributed by atoms with E-state index in [2.05, 4.69) is 0 Å². The predicted octanol–water partition coefficient (Wildman–Crippen LogP) is 1.13. The Labute approximate surface area is 110 Å². The molecule has 0 aliphatic rings. The van der Waals surface area contributed by atoms with E-state index in [1.165, 1.54) is 0 Å². The molecule has 0 unspecified atom stereocenters. The zero-order valence-corrected chi connectivity index (χ0v) is 9.57. The normalized spacial score (nSPS) is 8.92. The van der Waals surface area contributed by atoms with Gasteiger partial charge >= 0.3 is 43.7 Å². The van der Waals surface area contributed by atoms with Crippen molar-refractivity contribution in [3.8, 4) is 0 Å². The molecule has 0 saturated carbocycles. The topological polar surface area (TPSA) is 63.3 Å². The van der Waals surface area contributed by atoms with Crippen LogP contribution in [0.4, 0.5) is 5.69 Å². The van der Waals surface area contributed by atoms with Crippen LogP contribution >= 0.6 is 0 Å². The fourth-order valence-electron chi connectivity index (χ4n) is 0.936. The van der Waals surface area contributed by atoms with Crippen LogP contribution in [-0.2, 0) is 11.2 Å². The summed E-state index contributed by atoms with van der Waals surface area (Å²) < 4.78 is 0. The molecule has 0 fully saturated rings. The van der Waals surface area contributed by atoms with Crippen molar-refractivity contribution in [1.82, 2.24) is 0 Å². The average molecular weight is 207 g/mol. The van der Waals surface area contributed by atoms with Gasteiger partial charge in [0.1, 0.15) is 0 Å². The number of anilines is 1. The Kier molecular flexibility index (Phi) is 6.12. The van der Waals surface area contributed by atoms with Gasteiger partial charge < -0.3 is 13.7 Å². The molecule has 68 valence electrons. The minimum Gasteiger partial charge on any atom is -1.00 e. The van der Waals surface area contributed by atoms with Crippen LogP contribution in [0.2, 0.25) is 0 Å². The summed E-state index contributed by atoms with van der Waals surface area (Å²) in [6.45, 7) is 0. The Morgan fingerprint density at radius 2 is 1.92 bits per heavy atom. The number of carboxylic acids is 1. The minimum absolute atomic E-state index is 0. The first-order valence-corrected chi connectivity index (χ1v) is 3.74. The van der Waals surface area contributed by atoms with Crippen molar-refractivity contribution in [2.75, 3.05) is 5.73 Å². The molecule has 0 bridgehead atoms. The van der Waals surface area contributed by atoms with E-state index in [1.807, 2.05) is 12.1 Å². The number of benzene rings is 1. The van der Waals surface area contributed by atoms with Gasteiger partial charge in [0.05, 0.1) is 0 Å². The maximum atomic E-state index is 10.2. The zero-order valence-electron chi connectivity index (χ0n) is 9.36. The van der Waals surface area contributed by atoms with Gasteiger partial charge in [-0.05, 0) is 24.1 Å². The second-order valence-corrected chi connectivity index (χ2v) is 2.64. The maximum Gasteiger partial charge on any atom is 2.00 e. The van der Waals surface area contributed by atoms with E-state index in [1.54, 1.807) is 12.1 Å². The second-order valence-electron chi connectivity index (χ2n) is 2.64. The second kappa shape index (κ2) is 6.24. The molecule has 3 N–H and O–H groups in total. The van der Waals surface area contributed by atoms with E-state index in [9.17, 15) is 4.79 Å². The first kappa shape index (κ1) is 12.7. The van der Waals surface area contributed by atoms with Gasteiger partial charge in [-0.15, -0.1) is 0 Å². The van der Waals surface area contributed by atoms with Crippen LogP contribution in [0.3, 0.4) is 0 Å². The summed E-state index contributed by atoms with van der Waals surface area (Å²) in [6.07, 6.45) is 0.736. The van der Waals surface area contributed by atoms with E-state index >= 15 is 0 Å². The van der Waals surface area contributed by atoms with E-state index < -0.39 is 5.97 Å². The molecule has 0 radical (unpaired) electrons. The van der Waals surface area contributed by atoms with Gasteiger partial charge in [0, 0.05) is 12.1 Å². The number of carbonyl (C=O) groups is 1. The minimum atomic E-state index is -0.771. The quantitative estimate of drug-likeness (QED) is 0.577. The van der Waals surface area contributed by atoms with Crippen molar-refractivity contribution < 1.29 is 12.8 Å². The molecule has 1 aromatic carbocycles. The Morgan fingerprint density at radius 3 is 2.38 bits per heavy atom. The number of carboxylic acid groups (broad SMARTS) is 1. The Bertz CT molecular complexity index is 280. The number of hydrogen-bond donors (Lipinski definition) is 2. The van der Waals surface area contributed by atoms with Crippen molar-refractivity contribution in [3.63, 3.8) is 0 Å². The van der Waals surface area contributed by atoms with E-state index in [0.717, 1.165) is 5.56 Å². The summed E-state index contributed by atoms with van der Waals surface area (Å²) in [5.74, 6) is -0.771. The van der Waals surface area contributed by atoms with Crippen molar-refractivity contribution >= 4 is 49.4 Å². The van der Waals surface area contributed by atoms with E-state index in [4.69, 9.17) is 10.8 Å². The van der Waals surface area contributed by atoms with E-state index in [-0.39, 0.29) is 47.0 Å². The predicted molar refractivity (Wildman–Crippen MR) is 54.8 cm³/mol. The summed E-state index contributed by atoms with van der Waals surface area (Å²) in [5.41, 5.74) is 7.18. The van der Waals surface area contributed by atoms with Crippen LogP contribution in [0.1, 0.15) is 14.8 Å². The molecular formula is C9H13CaNO2. The van der Waals surface area contributed by atoms with Gasteiger partial charge in [-0.2, -0.15) is 0 Å². The monoisotopic (exact) mass is 207 g/mol. The molecule has 0 spiro atoms. The third-order valence-electron chi connectivity index (χ3n) is 1.61. The Hall–Kier alpha value is -0.250.